The Morgan fingerprint density at radius 2 is 1.02 bits per heavy atom. The fourth-order valence-electron chi connectivity index (χ4n) is 9.80. The maximum Gasteiger partial charge on any atom is 0.311 e. The molecule has 0 spiro atoms. The normalized spacial score (nSPS) is 25.9. The standard InChI is InChI=1S/2C20H21FN6O2/c2*1-29-20(28)14-10-4-6-11(7-5-10)15(14)24-18-13(21)9-23-19(25-18)16-12-3-2-8-22-17(12)27-26-16/h2*2-3,8-11,14-15H,4-7H2,1H3,(H,22,26,27)(H,23,24,25)/t10?,11?,14?,15-;10?,11?,14-,15-/m10/s1. The molecule has 12 rings (SSSR count). The lowest BCUT2D eigenvalue weighted by Gasteiger charge is -2.47. The van der Waals surface area contributed by atoms with Crippen LogP contribution in [-0.2, 0) is 19.1 Å². The Kier molecular flexibility index (Phi) is 10.1. The zero-order valence-corrected chi connectivity index (χ0v) is 31.9. The SMILES string of the molecule is COC(=O)C1C2CCC(CC2)[C@H]1Nc1nc(-c2[nH]nc3ncccc23)ncc1F.COC(=O)[C@H]1C2CCC(CC2)[C@@H]1Nc1nc(-c2[nH]nc3ncccc23)ncc1F. The van der Waals surface area contributed by atoms with Crippen molar-refractivity contribution in [3.8, 4) is 23.0 Å². The molecule has 0 amide bonds. The van der Waals surface area contributed by atoms with Gasteiger partial charge in [0.05, 0.1) is 38.4 Å². The van der Waals surface area contributed by atoms with Crippen LogP contribution in [0.2, 0.25) is 0 Å². The number of hydrogen-bond donors (Lipinski definition) is 4. The monoisotopic (exact) mass is 792 g/mol. The molecule has 6 aliphatic carbocycles. The highest BCUT2D eigenvalue weighted by Crippen LogP contribution is 2.48. The molecule has 4 atom stereocenters. The predicted molar refractivity (Wildman–Crippen MR) is 206 cm³/mol. The smallest absolute Gasteiger partial charge is 0.311 e. The Morgan fingerprint density at radius 3 is 1.41 bits per heavy atom. The second kappa shape index (κ2) is 15.6. The van der Waals surface area contributed by atoms with Crippen molar-refractivity contribution in [1.82, 2.24) is 50.3 Å². The van der Waals surface area contributed by atoms with Crippen molar-refractivity contribution < 1.29 is 27.8 Å². The first kappa shape index (κ1) is 37.4. The van der Waals surface area contributed by atoms with Crippen LogP contribution < -0.4 is 10.6 Å². The minimum atomic E-state index is -0.555. The summed E-state index contributed by atoms with van der Waals surface area (Å²) in [6.07, 6.45) is 13.7. The molecule has 1 unspecified atom stereocenters. The summed E-state index contributed by atoms with van der Waals surface area (Å²) in [7, 11) is 2.81. The summed E-state index contributed by atoms with van der Waals surface area (Å²) in [6.45, 7) is 0. The molecular weight excluding hydrogens is 751 g/mol. The Hall–Kier alpha value is -6.20. The number of carbonyl (C=O) groups excluding carboxylic acids is 2. The number of pyridine rings is 2. The number of ether oxygens (including phenoxy) is 2. The van der Waals surface area contributed by atoms with Gasteiger partial charge in [0, 0.05) is 35.2 Å². The van der Waals surface area contributed by atoms with E-state index in [4.69, 9.17) is 9.47 Å². The molecule has 4 N–H and O–H groups in total. The number of carbonyl (C=O) groups is 2. The third-order valence-corrected chi connectivity index (χ3v) is 12.6. The number of nitrogens with one attached hydrogen (secondary N) is 4. The average molecular weight is 793 g/mol. The Labute approximate surface area is 330 Å². The summed E-state index contributed by atoms with van der Waals surface area (Å²) >= 11 is 0. The molecule has 6 aliphatic rings. The van der Waals surface area contributed by atoms with E-state index in [1.54, 1.807) is 24.5 Å². The lowest BCUT2D eigenvalue weighted by atomic mass is 9.61. The molecule has 6 heterocycles. The van der Waals surface area contributed by atoms with Crippen molar-refractivity contribution >= 4 is 45.6 Å². The quantitative estimate of drug-likeness (QED) is 0.133. The minimum Gasteiger partial charge on any atom is -0.469 e. The highest BCUT2D eigenvalue weighted by atomic mass is 19.1. The van der Waals surface area contributed by atoms with Gasteiger partial charge in [0.25, 0.3) is 0 Å². The van der Waals surface area contributed by atoms with Crippen LogP contribution in [0, 0.1) is 47.1 Å². The van der Waals surface area contributed by atoms with Gasteiger partial charge in [-0.15, -0.1) is 0 Å². The van der Waals surface area contributed by atoms with Crippen LogP contribution >= 0.6 is 0 Å². The molecule has 0 aromatic carbocycles. The van der Waals surface area contributed by atoms with Gasteiger partial charge in [-0.25, -0.2) is 38.7 Å². The first-order valence-electron chi connectivity index (χ1n) is 19.6. The lowest BCUT2D eigenvalue weighted by Crippen LogP contribution is -2.52. The van der Waals surface area contributed by atoms with Crippen molar-refractivity contribution in [2.75, 3.05) is 24.9 Å². The van der Waals surface area contributed by atoms with Gasteiger partial charge in [-0.3, -0.25) is 19.8 Å². The van der Waals surface area contributed by atoms with Gasteiger partial charge in [-0.2, -0.15) is 10.2 Å². The van der Waals surface area contributed by atoms with Crippen LogP contribution in [0.25, 0.3) is 45.1 Å². The van der Waals surface area contributed by atoms with Crippen molar-refractivity contribution in [1.29, 1.82) is 0 Å². The van der Waals surface area contributed by atoms with Crippen LogP contribution in [0.5, 0.6) is 0 Å². The van der Waals surface area contributed by atoms with Gasteiger partial charge in [0.2, 0.25) is 0 Å². The second-order valence-electron chi connectivity index (χ2n) is 15.5. The van der Waals surface area contributed by atoms with Gasteiger partial charge in [0.15, 0.2) is 46.2 Å². The van der Waals surface area contributed by atoms with E-state index in [2.05, 4.69) is 60.9 Å². The number of nitrogens with zero attached hydrogens (tertiary/aromatic N) is 8. The number of H-pyrrole nitrogens is 2. The molecule has 0 radical (unpaired) electrons. The number of esters is 2. The van der Waals surface area contributed by atoms with Gasteiger partial charge in [0.1, 0.15) is 11.4 Å². The van der Waals surface area contributed by atoms with Crippen LogP contribution in [0.3, 0.4) is 0 Å². The van der Waals surface area contributed by atoms with E-state index < -0.39 is 11.6 Å². The number of methoxy groups -OCH3 is 2. The molecule has 4 bridgehead atoms. The summed E-state index contributed by atoms with van der Waals surface area (Å²) in [5.74, 6) is -0.241. The number of fused-ring (bicyclic) bond motifs is 8. The summed E-state index contributed by atoms with van der Waals surface area (Å²) < 4.78 is 39.3. The summed E-state index contributed by atoms with van der Waals surface area (Å²) in [5.41, 5.74) is 2.23. The van der Waals surface area contributed by atoms with E-state index in [9.17, 15) is 18.4 Å². The molecule has 300 valence electrons. The van der Waals surface area contributed by atoms with E-state index in [0.717, 1.165) is 74.5 Å². The molecular formula is C40H42F2N12O4. The summed E-state index contributed by atoms with van der Waals surface area (Å²) in [4.78, 5) is 50.3. The zero-order valence-electron chi connectivity index (χ0n) is 31.9. The second-order valence-corrected chi connectivity index (χ2v) is 15.5. The van der Waals surface area contributed by atoms with Crippen molar-refractivity contribution in [3.63, 3.8) is 0 Å². The van der Waals surface area contributed by atoms with E-state index in [-0.39, 0.29) is 59.3 Å². The van der Waals surface area contributed by atoms with Crippen LogP contribution in [0.15, 0.2) is 49.1 Å². The number of hydrogen-bond acceptors (Lipinski definition) is 14. The molecule has 6 fully saturated rings. The number of aromatic amines is 2. The molecule has 18 heteroatoms. The minimum absolute atomic E-state index is 0.0908. The first-order chi connectivity index (χ1) is 28.3. The topological polar surface area (TPSA) is 211 Å². The molecule has 0 aliphatic heterocycles. The molecule has 58 heavy (non-hydrogen) atoms. The fourth-order valence-corrected chi connectivity index (χ4v) is 9.80. The highest BCUT2D eigenvalue weighted by molar-refractivity contribution is 5.89. The van der Waals surface area contributed by atoms with E-state index in [1.165, 1.54) is 14.2 Å². The third-order valence-electron chi connectivity index (χ3n) is 12.6. The average Bonchev–Trinajstić information content (AvgIpc) is 3.91. The zero-order chi connectivity index (χ0) is 39.9. The largest absolute Gasteiger partial charge is 0.469 e. The van der Waals surface area contributed by atoms with E-state index in [0.29, 0.717) is 46.2 Å². The lowest BCUT2D eigenvalue weighted by molar-refractivity contribution is -0.152. The first-order valence-corrected chi connectivity index (χ1v) is 19.6. The Bertz CT molecular complexity index is 2290. The number of anilines is 2. The van der Waals surface area contributed by atoms with Crippen LogP contribution in [-0.4, -0.2) is 88.5 Å². The maximum atomic E-state index is 14.6. The van der Waals surface area contributed by atoms with Crippen molar-refractivity contribution in [3.05, 3.63) is 60.7 Å². The van der Waals surface area contributed by atoms with E-state index >= 15 is 0 Å². The summed E-state index contributed by atoms with van der Waals surface area (Å²) in [5, 5.41) is 22.0. The van der Waals surface area contributed by atoms with E-state index in [1.807, 2.05) is 12.1 Å². The molecule has 16 nitrogen and oxygen atoms in total. The van der Waals surface area contributed by atoms with Gasteiger partial charge >= 0.3 is 11.9 Å². The number of aromatic nitrogens is 10. The van der Waals surface area contributed by atoms with Crippen molar-refractivity contribution in [2.24, 2.45) is 35.5 Å². The molecule has 6 aromatic heterocycles. The molecule has 6 saturated carbocycles. The number of halogens is 2. The summed E-state index contributed by atoms with van der Waals surface area (Å²) in [6, 6.07) is 6.90. The van der Waals surface area contributed by atoms with Gasteiger partial charge in [-0.1, -0.05) is 0 Å². The van der Waals surface area contributed by atoms with Gasteiger partial charge < -0.3 is 20.1 Å². The fraction of sp³-hybridized carbons (Fsp3) is 0.450. The molecule has 6 aromatic rings. The Morgan fingerprint density at radius 1 is 0.621 bits per heavy atom. The molecule has 0 saturated heterocycles. The number of rotatable bonds is 8. The van der Waals surface area contributed by atoms with Gasteiger partial charge in [-0.05, 0) is 99.3 Å². The highest BCUT2D eigenvalue weighted by Gasteiger charge is 2.49. The van der Waals surface area contributed by atoms with Crippen LogP contribution in [0.4, 0.5) is 20.4 Å². The Balaban J connectivity index is 0.000000150. The third kappa shape index (κ3) is 6.83. The predicted octanol–water partition coefficient (Wildman–Crippen LogP) is 5.89. The maximum absolute atomic E-state index is 14.6. The van der Waals surface area contributed by atoms with Crippen molar-refractivity contribution in [2.45, 2.75) is 63.5 Å². The van der Waals surface area contributed by atoms with Crippen LogP contribution in [0.1, 0.15) is 51.4 Å².